The van der Waals surface area contributed by atoms with Crippen LogP contribution in [0.25, 0.3) is 5.69 Å². The molecule has 0 amide bonds. The molecule has 0 N–H and O–H groups in total. The first-order chi connectivity index (χ1) is 8.61. The summed E-state index contributed by atoms with van der Waals surface area (Å²) in [5.41, 5.74) is 0.370. The molecule has 1 aromatic heterocycles. The molecule has 1 aromatic carbocycles. The molecule has 0 saturated heterocycles. The number of benzene rings is 1. The highest BCUT2D eigenvalue weighted by atomic mass is 35.5. The minimum atomic E-state index is -0.608. The molecule has 0 fully saturated rings. The van der Waals surface area contributed by atoms with E-state index in [1.807, 2.05) is 0 Å². The third kappa shape index (κ3) is 2.45. The van der Waals surface area contributed by atoms with Crippen LogP contribution in [0.3, 0.4) is 0 Å². The second kappa shape index (κ2) is 5.09. The molecule has 0 aliphatic carbocycles. The van der Waals surface area contributed by atoms with Crippen molar-refractivity contribution in [2.24, 2.45) is 0 Å². The lowest BCUT2D eigenvalue weighted by atomic mass is 10.2. The van der Waals surface area contributed by atoms with E-state index in [-0.39, 0.29) is 11.4 Å². The van der Waals surface area contributed by atoms with Gasteiger partial charge in [0, 0.05) is 24.4 Å². The molecule has 1 heterocycles. The number of nitrogens with zero attached hydrogens (tertiary/aromatic N) is 4. The van der Waals surface area contributed by atoms with Gasteiger partial charge in [0.15, 0.2) is 0 Å². The van der Waals surface area contributed by atoms with Crippen molar-refractivity contribution in [2.75, 3.05) is 5.88 Å². The third-order valence-corrected chi connectivity index (χ3v) is 2.47. The van der Waals surface area contributed by atoms with Gasteiger partial charge in [-0.05, 0) is 6.07 Å². The molecule has 0 bridgehead atoms. The molecule has 0 unspecified atom stereocenters. The summed E-state index contributed by atoms with van der Waals surface area (Å²) < 4.78 is 14.7. The number of aryl methyl sites for hydroxylation is 1. The number of alkyl halides is 1. The predicted octanol–water partition coefficient (Wildman–Crippen LogP) is 2.10. The second-order valence-corrected chi connectivity index (χ2v) is 3.86. The lowest BCUT2D eigenvalue weighted by molar-refractivity contribution is -0.384. The Morgan fingerprint density at radius 3 is 2.94 bits per heavy atom. The van der Waals surface area contributed by atoms with Crippen LogP contribution >= 0.6 is 11.6 Å². The molecule has 2 rings (SSSR count). The molecule has 0 spiro atoms. The number of aromatic nitrogens is 3. The smallest absolute Gasteiger partial charge is 0.258 e. The normalized spacial score (nSPS) is 10.6. The van der Waals surface area contributed by atoms with E-state index >= 15 is 0 Å². The molecule has 6 nitrogen and oxygen atoms in total. The van der Waals surface area contributed by atoms with E-state index in [0.717, 1.165) is 22.9 Å². The van der Waals surface area contributed by atoms with Gasteiger partial charge in [-0.2, -0.15) is 0 Å². The Bertz CT molecular complexity index is 587. The largest absolute Gasteiger partial charge is 0.271 e. The molecule has 0 saturated carbocycles. The highest BCUT2D eigenvalue weighted by molar-refractivity contribution is 6.17. The maximum Gasteiger partial charge on any atom is 0.271 e. The number of hydrogen-bond acceptors (Lipinski definition) is 4. The number of halogens is 2. The van der Waals surface area contributed by atoms with Crippen molar-refractivity contribution in [3.63, 3.8) is 0 Å². The number of hydrogen-bond donors (Lipinski definition) is 0. The van der Waals surface area contributed by atoms with Crippen molar-refractivity contribution < 1.29 is 9.31 Å². The summed E-state index contributed by atoms with van der Waals surface area (Å²) in [4.78, 5) is 10.0. The van der Waals surface area contributed by atoms with Crippen molar-refractivity contribution >= 4 is 17.3 Å². The lowest BCUT2D eigenvalue weighted by Gasteiger charge is -2.01. The van der Waals surface area contributed by atoms with Crippen LogP contribution in [0.2, 0.25) is 0 Å². The standard InChI is InChI=1S/C10H8ClFN4O2/c11-4-3-7-6-15(14-13-7)10-5-8(16(17)18)1-2-9(10)12/h1-2,5-6H,3-4H2. The Morgan fingerprint density at radius 2 is 2.28 bits per heavy atom. The molecule has 2 aromatic rings. The van der Waals surface area contributed by atoms with Gasteiger partial charge >= 0.3 is 0 Å². The van der Waals surface area contributed by atoms with Crippen molar-refractivity contribution in [3.8, 4) is 5.69 Å². The van der Waals surface area contributed by atoms with E-state index in [1.165, 1.54) is 6.20 Å². The van der Waals surface area contributed by atoms with Gasteiger partial charge in [-0.15, -0.1) is 16.7 Å². The number of nitro benzene ring substituents is 1. The van der Waals surface area contributed by atoms with Crippen LogP contribution in [-0.4, -0.2) is 25.8 Å². The van der Waals surface area contributed by atoms with E-state index < -0.39 is 10.7 Å². The summed E-state index contributed by atoms with van der Waals surface area (Å²) in [7, 11) is 0. The second-order valence-electron chi connectivity index (χ2n) is 3.49. The fourth-order valence-electron chi connectivity index (χ4n) is 1.42. The van der Waals surface area contributed by atoms with Gasteiger partial charge in [0.1, 0.15) is 11.5 Å². The number of rotatable bonds is 4. The van der Waals surface area contributed by atoms with Gasteiger partial charge in [-0.3, -0.25) is 10.1 Å². The molecule has 0 aliphatic rings. The number of non-ortho nitro benzene ring substituents is 1. The van der Waals surface area contributed by atoms with Gasteiger partial charge in [0.25, 0.3) is 5.69 Å². The van der Waals surface area contributed by atoms with Crippen LogP contribution in [0.15, 0.2) is 24.4 Å². The molecule has 0 aliphatic heterocycles. The average molecular weight is 271 g/mol. The Kier molecular flexibility index (Phi) is 3.52. The summed E-state index contributed by atoms with van der Waals surface area (Å²) >= 11 is 5.55. The van der Waals surface area contributed by atoms with Gasteiger partial charge in [-0.1, -0.05) is 5.21 Å². The summed E-state index contributed by atoms with van der Waals surface area (Å²) in [5, 5.41) is 18.1. The third-order valence-electron chi connectivity index (χ3n) is 2.28. The van der Waals surface area contributed by atoms with Crippen LogP contribution < -0.4 is 0 Å². The van der Waals surface area contributed by atoms with Crippen molar-refractivity contribution in [1.29, 1.82) is 0 Å². The highest BCUT2D eigenvalue weighted by Gasteiger charge is 2.13. The maximum atomic E-state index is 13.6. The summed E-state index contributed by atoms with van der Waals surface area (Å²) in [6.45, 7) is 0. The minimum absolute atomic E-state index is 0.0162. The Morgan fingerprint density at radius 1 is 1.50 bits per heavy atom. The molecule has 0 radical (unpaired) electrons. The van der Waals surface area contributed by atoms with Crippen molar-refractivity contribution in [1.82, 2.24) is 15.0 Å². The first-order valence-corrected chi connectivity index (χ1v) is 5.57. The Hall–Kier alpha value is -2.02. The maximum absolute atomic E-state index is 13.6. The van der Waals surface area contributed by atoms with Crippen molar-refractivity contribution in [2.45, 2.75) is 6.42 Å². The Balaban J connectivity index is 2.41. The first kappa shape index (κ1) is 12.4. The van der Waals surface area contributed by atoms with Crippen LogP contribution in [0, 0.1) is 15.9 Å². The molecular formula is C10H8ClFN4O2. The zero-order valence-electron chi connectivity index (χ0n) is 9.08. The summed E-state index contributed by atoms with van der Waals surface area (Å²) in [6.07, 6.45) is 1.99. The zero-order valence-corrected chi connectivity index (χ0v) is 9.84. The van der Waals surface area contributed by atoms with Gasteiger partial charge in [-0.25, -0.2) is 9.07 Å². The predicted molar refractivity (Wildman–Crippen MR) is 62.4 cm³/mol. The fourth-order valence-corrected chi connectivity index (χ4v) is 1.61. The molecular weight excluding hydrogens is 263 g/mol. The highest BCUT2D eigenvalue weighted by Crippen LogP contribution is 2.19. The van der Waals surface area contributed by atoms with Gasteiger partial charge in [0.05, 0.1) is 16.8 Å². The fraction of sp³-hybridized carbons (Fsp3) is 0.200. The molecule has 18 heavy (non-hydrogen) atoms. The van der Waals surface area contributed by atoms with Gasteiger partial charge < -0.3 is 0 Å². The zero-order chi connectivity index (χ0) is 13.1. The topological polar surface area (TPSA) is 73.8 Å². The quantitative estimate of drug-likeness (QED) is 0.484. The van der Waals surface area contributed by atoms with Crippen LogP contribution in [0.5, 0.6) is 0 Å². The summed E-state index contributed by atoms with van der Waals surface area (Å²) in [6, 6.07) is 3.22. The first-order valence-electron chi connectivity index (χ1n) is 5.03. The van der Waals surface area contributed by atoms with Crippen LogP contribution in [0.4, 0.5) is 10.1 Å². The van der Waals surface area contributed by atoms with E-state index in [1.54, 1.807) is 0 Å². The lowest BCUT2D eigenvalue weighted by Crippen LogP contribution is -2.00. The summed E-state index contributed by atoms with van der Waals surface area (Å²) in [5.74, 6) is -0.237. The van der Waals surface area contributed by atoms with Gasteiger partial charge in [0.2, 0.25) is 0 Å². The van der Waals surface area contributed by atoms with E-state index in [9.17, 15) is 14.5 Å². The van der Waals surface area contributed by atoms with E-state index in [2.05, 4.69) is 10.3 Å². The van der Waals surface area contributed by atoms with Crippen molar-refractivity contribution in [3.05, 3.63) is 46.0 Å². The van der Waals surface area contributed by atoms with Crippen LogP contribution in [0.1, 0.15) is 5.69 Å². The average Bonchev–Trinajstić information content (AvgIpc) is 2.78. The molecule has 94 valence electrons. The number of nitro groups is 1. The minimum Gasteiger partial charge on any atom is -0.258 e. The van der Waals surface area contributed by atoms with E-state index in [0.29, 0.717) is 18.0 Å². The monoisotopic (exact) mass is 270 g/mol. The van der Waals surface area contributed by atoms with E-state index in [4.69, 9.17) is 11.6 Å². The SMILES string of the molecule is O=[N+]([O-])c1ccc(F)c(-n2cc(CCCl)nn2)c1. The molecule has 8 heteroatoms. The Labute approximate surface area is 106 Å². The van der Waals surface area contributed by atoms with Crippen LogP contribution in [-0.2, 0) is 6.42 Å². The molecule has 0 atom stereocenters.